The molecule has 0 saturated carbocycles. The fourth-order valence-corrected chi connectivity index (χ4v) is 2.45. The second-order valence-corrected chi connectivity index (χ2v) is 4.50. The minimum absolute atomic E-state index is 0.614. The topological polar surface area (TPSA) is 29.1 Å². The molecule has 54 valence electrons. The average molecular weight is 241 g/mol. The van der Waals surface area contributed by atoms with Gasteiger partial charge >= 0.3 is 0 Å². The van der Waals surface area contributed by atoms with Crippen molar-refractivity contribution in [2.45, 2.75) is 0 Å². The lowest BCUT2D eigenvalue weighted by atomic mass is 10.5. The van der Waals surface area contributed by atoms with Gasteiger partial charge in [0.25, 0.3) is 0 Å². The molecule has 0 aliphatic carbocycles. The van der Waals surface area contributed by atoms with Crippen LogP contribution in [0, 0.1) is 0 Å². The van der Waals surface area contributed by atoms with E-state index in [9.17, 15) is 4.79 Å². The van der Waals surface area contributed by atoms with Crippen molar-refractivity contribution in [1.82, 2.24) is 0 Å². The van der Waals surface area contributed by atoms with Crippen molar-refractivity contribution in [2.24, 2.45) is 0 Å². The van der Waals surface area contributed by atoms with Crippen LogP contribution in [0.4, 0.5) is 5.69 Å². The van der Waals surface area contributed by atoms with Crippen molar-refractivity contribution < 1.29 is 4.79 Å². The molecule has 0 saturated heterocycles. The molecular weight excluding hydrogens is 237 g/mol. The number of nitrogens with one attached hydrogen (secondary N) is 1. The summed E-state index contributed by atoms with van der Waals surface area (Å²) < 4.78 is 1.49. The summed E-state index contributed by atoms with van der Waals surface area (Å²) in [6, 6.07) is 1.69. The maximum atomic E-state index is 9.97. The Hall–Kier alpha value is -0.0600. The SMILES string of the molecule is O=CNc1cc(Cl)sc1Br. The van der Waals surface area contributed by atoms with Gasteiger partial charge in [0, 0.05) is 0 Å². The maximum absolute atomic E-state index is 9.97. The van der Waals surface area contributed by atoms with Gasteiger partial charge in [0.1, 0.15) is 0 Å². The van der Waals surface area contributed by atoms with Crippen LogP contribution >= 0.6 is 38.9 Å². The Morgan fingerprint density at radius 3 is 2.90 bits per heavy atom. The molecule has 2 nitrogen and oxygen atoms in total. The van der Waals surface area contributed by atoms with Crippen LogP contribution in [0.25, 0.3) is 0 Å². The van der Waals surface area contributed by atoms with Crippen LogP contribution in [0.5, 0.6) is 0 Å². The molecule has 1 heterocycles. The number of amides is 1. The van der Waals surface area contributed by atoms with E-state index in [0.29, 0.717) is 16.4 Å². The first-order chi connectivity index (χ1) is 4.74. The molecule has 0 aliphatic rings. The zero-order valence-electron chi connectivity index (χ0n) is 4.73. The Morgan fingerprint density at radius 2 is 2.50 bits per heavy atom. The third-order valence-corrected chi connectivity index (χ3v) is 2.84. The number of rotatable bonds is 2. The zero-order chi connectivity index (χ0) is 7.56. The van der Waals surface area contributed by atoms with Gasteiger partial charge in [-0.1, -0.05) is 11.6 Å². The largest absolute Gasteiger partial charge is 0.327 e. The summed E-state index contributed by atoms with van der Waals surface area (Å²) in [5.74, 6) is 0. The van der Waals surface area contributed by atoms with Gasteiger partial charge in [-0.05, 0) is 22.0 Å². The molecule has 0 unspecified atom stereocenters. The molecule has 0 bridgehead atoms. The minimum Gasteiger partial charge on any atom is -0.327 e. The monoisotopic (exact) mass is 239 g/mol. The van der Waals surface area contributed by atoms with E-state index < -0.39 is 0 Å². The second-order valence-electron chi connectivity index (χ2n) is 1.50. The Labute approximate surface area is 75.3 Å². The van der Waals surface area contributed by atoms with Crippen molar-refractivity contribution in [3.8, 4) is 0 Å². The lowest BCUT2D eigenvalue weighted by Crippen LogP contribution is -1.90. The van der Waals surface area contributed by atoms with E-state index in [1.54, 1.807) is 6.07 Å². The molecule has 1 aromatic heterocycles. The molecule has 0 radical (unpaired) electrons. The molecule has 1 N–H and O–H groups in total. The first kappa shape index (κ1) is 8.04. The quantitative estimate of drug-likeness (QED) is 0.791. The van der Waals surface area contributed by atoms with Crippen LogP contribution in [-0.4, -0.2) is 6.41 Å². The summed E-state index contributed by atoms with van der Waals surface area (Å²) >= 11 is 10.2. The van der Waals surface area contributed by atoms with E-state index >= 15 is 0 Å². The molecule has 0 aromatic carbocycles. The van der Waals surface area contributed by atoms with Crippen molar-refractivity contribution in [2.75, 3.05) is 5.32 Å². The molecule has 1 amide bonds. The number of halogens is 2. The van der Waals surface area contributed by atoms with Crippen LogP contribution in [0.1, 0.15) is 0 Å². The molecule has 10 heavy (non-hydrogen) atoms. The highest BCUT2D eigenvalue weighted by Crippen LogP contribution is 2.34. The molecule has 0 spiro atoms. The molecular formula is C5H3BrClNOS. The highest BCUT2D eigenvalue weighted by atomic mass is 79.9. The number of thiophene rings is 1. The van der Waals surface area contributed by atoms with Crippen LogP contribution in [0.2, 0.25) is 4.34 Å². The van der Waals surface area contributed by atoms with Crippen molar-refractivity contribution in [1.29, 1.82) is 0 Å². The van der Waals surface area contributed by atoms with Gasteiger partial charge in [0.05, 0.1) is 13.8 Å². The lowest BCUT2D eigenvalue weighted by molar-refractivity contribution is -0.105. The van der Waals surface area contributed by atoms with E-state index in [1.165, 1.54) is 11.3 Å². The highest BCUT2D eigenvalue weighted by Gasteiger charge is 2.02. The lowest BCUT2D eigenvalue weighted by Gasteiger charge is -1.90. The van der Waals surface area contributed by atoms with Crippen LogP contribution in [0.3, 0.4) is 0 Å². The average Bonchev–Trinajstić information content (AvgIpc) is 2.13. The second kappa shape index (κ2) is 3.37. The van der Waals surface area contributed by atoms with Gasteiger partial charge in [-0.15, -0.1) is 11.3 Å². The molecule has 1 rings (SSSR count). The van der Waals surface area contributed by atoms with Crippen LogP contribution < -0.4 is 5.32 Å². The van der Waals surface area contributed by atoms with Gasteiger partial charge in [-0.2, -0.15) is 0 Å². The van der Waals surface area contributed by atoms with Gasteiger partial charge < -0.3 is 5.32 Å². The Morgan fingerprint density at radius 1 is 1.80 bits per heavy atom. The van der Waals surface area contributed by atoms with Crippen molar-refractivity contribution >= 4 is 51.0 Å². The van der Waals surface area contributed by atoms with E-state index in [2.05, 4.69) is 21.2 Å². The van der Waals surface area contributed by atoms with E-state index in [4.69, 9.17) is 11.6 Å². The summed E-state index contributed by atoms with van der Waals surface area (Å²) in [6.45, 7) is 0. The summed E-state index contributed by atoms with van der Waals surface area (Å²) in [5.41, 5.74) is 0.713. The van der Waals surface area contributed by atoms with Gasteiger partial charge in [-0.25, -0.2) is 0 Å². The predicted molar refractivity (Wildman–Crippen MR) is 46.7 cm³/mol. The smallest absolute Gasteiger partial charge is 0.211 e. The first-order valence-electron chi connectivity index (χ1n) is 2.39. The Kier molecular flexibility index (Phi) is 2.71. The summed E-state index contributed by atoms with van der Waals surface area (Å²) in [4.78, 5) is 9.97. The van der Waals surface area contributed by atoms with Crippen molar-refractivity contribution in [3.05, 3.63) is 14.2 Å². The van der Waals surface area contributed by atoms with Crippen LogP contribution in [-0.2, 0) is 4.79 Å². The fraction of sp³-hybridized carbons (Fsp3) is 0. The number of carbonyl (C=O) groups excluding carboxylic acids is 1. The van der Waals surface area contributed by atoms with Crippen molar-refractivity contribution in [3.63, 3.8) is 0 Å². The number of hydrogen-bond acceptors (Lipinski definition) is 2. The van der Waals surface area contributed by atoms with Gasteiger partial charge in [0.15, 0.2) is 0 Å². The maximum Gasteiger partial charge on any atom is 0.211 e. The number of carbonyl (C=O) groups is 1. The minimum atomic E-state index is 0.614. The number of anilines is 1. The molecule has 0 fully saturated rings. The normalized spacial score (nSPS) is 9.40. The zero-order valence-corrected chi connectivity index (χ0v) is 7.89. The van der Waals surface area contributed by atoms with E-state index in [-0.39, 0.29) is 0 Å². The van der Waals surface area contributed by atoms with Gasteiger partial charge in [-0.3, -0.25) is 4.79 Å². The molecule has 0 aliphatic heterocycles. The van der Waals surface area contributed by atoms with E-state index in [1.807, 2.05) is 0 Å². The summed E-state index contributed by atoms with van der Waals surface area (Å²) in [5, 5.41) is 2.50. The van der Waals surface area contributed by atoms with E-state index in [0.717, 1.165) is 3.79 Å². The Balaban J connectivity index is 2.91. The molecule has 5 heteroatoms. The first-order valence-corrected chi connectivity index (χ1v) is 4.38. The Bertz CT molecular complexity index is 250. The van der Waals surface area contributed by atoms with Gasteiger partial charge in [0.2, 0.25) is 6.41 Å². The molecule has 1 aromatic rings. The summed E-state index contributed by atoms with van der Waals surface area (Å²) in [6.07, 6.45) is 0.614. The van der Waals surface area contributed by atoms with Crippen LogP contribution in [0.15, 0.2) is 9.85 Å². The predicted octanol–water partition coefficient (Wildman–Crippen LogP) is 2.73. The standard InChI is InChI=1S/C5H3BrClNOS/c6-5-3(8-2-9)1-4(7)10-5/h1-2H,(H,8,9). The highest BCUT2D eigenvalue weighted by molar-refractivity contribution is 9.11. The number of hydrogen-bond donors (Lipinski definition) is 1. The molecule has 0 atom stereocenters. The fourth-order valence-electron chi connectivity index (χ4n) is 0.502. The third kappa shape index (κ3) is 1.71. The summed E-state index contributed by atoms with van der Waals surface area (Å²) in [7, 11) is 0. The third-order valence-electron chi connectivity index (χ3n) is 0.871.